The molecule has 3 aromatic carbocycles. The molecule has 16 N–H and O–H groups in total. The number of aliphatic hydroxyl groups excluding tert-OH is 8. The van der Waals surface area contributed by atoms with Gasteiger partial charge in [0.1, 0.15) is 49.5 Å². The Hall–Kier alpha value is -8.96. The summed E-state index contributed by atoms with van der Waals surface area (Å²) in [5.74, 6) is -10.9. The van der Waals surface area contributed by atoms with E-state index in [0.29, 0.717) is 38.4 Å². The molecule has 9 rings (SSSR count). The molecule has 36 nitrogen and oxygen atoms in total. The minimum absolute atomic E-state index is 0.0447. The molecule has 612 valence electrons. The van der Waals surface area contributed by atoms with Crippen molar-refractivity contribution in [2.75, 3.05) is 107 Å². The summed E-state index contributed by atoms with van der Waals surface area (Å²) in [7, 11) is 0. The SMILES string of the molecule is C=CCOC(=O)Oc1ccc(C[C@@H](O)[C@@H]2NC(=O)[C@@H]3C[C@@H](O)CN3C(=O)[C@H]([C@@H](C)O)NC(=O)[C@@H](NC(=O)c3ccc(N4CCN(c5ccc(N6CCC(OC7CCCCC7)CC6)cc5)CC4)cc3)C[C@@H](O)CNC(=O)[C@@H]3[C@@H](O)[C@@H](C)CN3C(=O)[C@H]([C@H](O)CCN(C(=O)OCC=C)C(CO)CO)NC2=O)cc1OS(O)(O)O. The van der Waals surface area contributed by atoms with E-state index in [9.17, 15) is 88.1 Å². The fourth-order valence-electron chi connectivity index (χ4n) is 14.7. The third-order valence-corrected chi connectivity index (χ3v) is 21.1. The number of anilines is 3. The highest BCUT2D eigenvalue weighted by Crippen LogP contribution is 2.42. The minimum atomic E-state index is -4.92. The Balaban J connectivity index is 0.977. The van der Waals surface area contributed by atoms with Crippen LogP contribution in [0.2, 0.25) is 0 Å². The van der Waals surface area contributed by atoms with Crippen molar-refractivity contribution in [1.29, 1.82) is 0 Å². The van der Waals surface area contributed by atoms with Gasteiger partial charge in [0.15, 0.2) is 11.5 Å². The van der Waals surface area contributed by atoms with Crippen molar-refractivity contribution >= 4 is 81.8 Å². The number of hydrogen-bond acceptors (Lipinski definition) is 28. The molecule has 3 aromatic rings. The van der Waals surface area contributed by atoms with Gasteiger partial charge >= 0.3 is 12.2 Å². The van der Waals surface area contributed by atoms with Crippen LogP contribution in [0.5, 0.6) is 11.5 Å². The maximum atomic E-state index is 15.4. The van der Waals surface area contributed by atoms with Gasteiger partial charge in [-0.2, -0.15) is 0 Å². The van der Waals surface area contributed by atoms with E-state index < -0.39 is 226 Å². The number of nitrogens with one attached hydrogen (secondary N) is 5. The molecule has 5 aliphatic heterocycles. The Morgan fingerprint density at radius 1 is 0.649 bits per heavy atom. The lowest BCUT2D eigenvalue weighted by atomic mass is 9.97. The lowest BCUT2D eigenvalue weighted by Crippen LogP contribution is -2.64. The quantitative estimate of drug-likeness (QED) is 0.0298. The van der Waals surface area contributed by atoms with E-state index >= 15 is 9.59 Å². The van der Waals surface area contributed by atoms with Crippen molar-refractivity contribution in [3.63, 3.8) is 0 Å². The number of piperidine rings is 1. The third kappa shape index (κ3) is 23.1. The number of carbonyl (C=O) groups is 9. The Kier molecular flexibility index (Phi) is 31.0. The monoisotopic (exact) mass is 1580 g/mol. The summed E-state index contributed by atoms with van der Waals surface area (Å²) in [6, 6.07) is 4.48. The van der Waals surface area contributed by atoms with Crippen LogP contribution in [0.25, 0.3) is 0 Å². The van der Waals surface area contributed by atoms with E-state index in [2.05, 4.69) is 78.7 Å². The third-order valence-electron chi connectivity index (χ3n) is 20.7. The lowest BCUT2D eigenvalue weighted by Gasteiger charge is -2.38. The zero-order valence-electron chi connectivity index (χ0n) is 62.1. The predicted molar refractivity (Wildman–Crippen MR) is 401 cm³/mol. The fraction of sp³-hybridized carbons (Fsp3) is 0.581. The van der Waals surface area contributed by atoms with Gasteiger partial charge < -0.3 is 120 Å². The van der Waals surface area contributed by atoms with Crippen LogP contribution in [0.1, 0.15) is 94.0 Å². The molecule has 0 bridgehead atoms. The number of ether oxygens (including phenoxy) is 4. The lowest BCUT2D eigenvalue weighted by molar-refractivity contribution is -0.147. The van der Waals surface area contributed by atoms with Crippen molar-refractivity contribution in [2.24, 2.45) is 5.92 Å². The normalized spacial score (nSPS) is 25.5. The van der Waals surface area contributed by atoms with E-state index in [1.807, 2.05) is 0 Å². The van der Waals surface area contributed by atoms with E-state index in [0.717, 1.165) is 90.0 Å². The number of nitrogens with zero attached hydrogens (tertiary/aromatic N) is 6. The van der Waals surface area contributed by atoms with Crippen molar-refractivity contribution in [3.05, 3.63) is 103 Å². The number of fused-ring (bicyclic) bond motifs is 2. The van der Waals surface area contributed by atoms with Crippen molar-refractivity contribution < 1.29 is 121 Å². The first-order chi connectivity index (χ1) is 53.0. The molecule has 5 saturated heterocycles. The molecule has 0 aromatic heterocycles. The highest BCUT2D eigenvalue weighted by molar-refractivity contribution is 8.15. The van der Waals surface area contributed by atoms with Crippen molar-refractivity contribution in [1.82, 2.24) is 41.3 Å². The zero-order chi connectivity index (χ0) is 80.4. The first-order valence-electron chi connectivity index (χ1n) is 37.3. The molecule has 6 aliphatic rings. The number of carbonyl (C=O) groups excluding carboxylic acids is 9. The first kappa shape index (κ1) is 86.0. The summed E-state index contributed by atoms with van der Waals surface area (Å²) in [6.07, 6.45) is -5.56. The fourth-order valence-corrected chi connectivity index (χ4v) is 15.1. The van der Waals surface area contributed by atoms with Crippen LogP contribution >= 0.6 is 11.2 Å². The number of benzene rings is 3. The Labute approximate surface area is 644 Å². The summed E-state index contributed by atoms with van der Waals surface area (Å²) in [5, 5.41) is 103. The van der Waals surface area contributed by atoms with Gasteiger partial charge in [-0.15, -0.1) is 0 Å². The van der Waals surface area contributed by atoms with Crippen LogP contribution in [0.4, 0.5) is 26.7 Å². The standard InChI is InChI=1S/C74H105N11O25S/c1-5-32-106-73(101)83(50(41-86)42-87)27-24-57(91)63-72(100)85-39-43(3)65(93)64(85)70(98)75-38-51(89)36-55(76-66(94)46-13-15-47(16-14-46)81-28-30-82(31-29-81)49-19-17-48(18-20-49)80-25-22-54(23-26-80)108-53-10-8-7-9-11-53)67(95)77-61(44(4)88)71(99)84-40-52(90)37-56(84)68(96)78-62(69(97)79-63)58(92)34-45-12-21-59(109-74(102)107-33-6-2)60(35-45)110-111(103,104)105/h5-6,12-21,35,43-44,50-58,61-65,86-93,103-105H,1-2,7-11,22-34,36-42H2,3-4H3,(H,75,98)(H,76,94)(H,77,95)(H,78,96)(H,79,97)/t43-,44+,51+,52+,55-,56-,57+,58+,61-,62-,63-,64-,65-/m0/s1. The summed E-state index contributed by atoms with van der Waals surface area (Å²) in [4.78, 5) is 139. The Bertz CT molecular complexity index is 3690. The summed E-state index contributed by atoms with van der Waals surface area (Å²) >= 11 is -4.92. The van der Waals surface area contributed by atoms with Crippen molar-refractivity contribution in [2.45, 2.75) is 176 Å². The molecule has 13 atom stereocenters. The van der Waals surface area contributed by atoms with E-state index in [1.54, 1.807) is 12.1 Å². The summed E-state index contributed by atoms with van der Waals surface area (Å²) < 4.78 is 56.2. The smallest absolute Gasteiger partial charge is 0.445 e. The molecule has 6 fully saturated rings. The largest absolute Gasteiger partial charge is 0.514 e. The average Bonchev–Trinajstić information content (AvgIpc) is 1.70. The van der Waals surface area contributed by atoms with Crippen LogP contribution in [0, 0.1) is 5.92 Å². The number of piperazine rings is 1. The second kappa shape index (κ2) is 40.0. The maximum Gasteiger partial charge on any atom is 0.514 e. The van der Waals surface area contributed by atoms with Crippen LogP contribution in [-0.2, 0) is 49.4 Å². The van der Waals surface area contributed by atoms with Gasteiger partial charge in [-0.25, -0.2) is 9.59 Å². The van der Waals surface area contributed by atoms with Gasteiger partial charge in [0, 0.05) is 113 Å². The van der Waals surface area contributed by atoms with Gasteiger partial charge in [0.25, 0.3) is 17.1 Å². The molecular formula is C74H105N11O25S. The van der Waals surface area contributed by atoms with Crippen LogP contribution in [0.3, 0.4) is 0 Å². The minimum Gasteiger partial charge on any atom is -0.445 e. The van der Waals surface area contributed by atoms with Crippen LogP contribution < -0.4 is 50.2 Å². The zero-order valence-corrected chi connectivity index (χ0v) is 62.9. The van der Waals surface area contributed by atoms with Gasteiger partial charge in [-0.05, 0) is 105 Å². The van der Waals surface area contributed by atoms with E-state index in [1.165, 1.54) is 56.2 Å². The molecule has 0 spiro atoms. The van der Waals surface area contributed by atoms with Crippen LogP contribution in [-0.4, -0.2) is 306 Å². The van der Waals surface area contributed by atoms with E-state index in [-0.39, 0.29) is 24.3 Å². The van der Waals surface area contributed by atoms with Crippen LogP contribution in [0.15, 0.2) is 92.0 Å². The number of hydrogen-bond donors (Lipinski definition) is 16. The molecule has 8 amide bonds. The molecule has 0 radical (unpaired) electrons. The van der Waals surface area contributed by atoms with Gasteiger partial charge in [0.05, 0.1) is 68.1 Å². The molecular weight excluding hydrogens is 1470 g/mol. The number of β-amino-alcohol motifs (C(OH)–C–C–N with tert-alkyl or cyclic N) is 1. The predicted octanol–water partition coefficient (Wildman–Crippen LogP) is -0.134. The molecule has 1 saturated carbocycles. The summed E-state index contributed by atoms with van der Waals surface area (Å²) in [6.45, 7) is 8.98. The second-order valence-electron chi connectivity index (χ2n) is 28.8. The maximum absolute atomic E-state index is 15.4. The Morgan fingerprint density at radius 2 is 1.22 bits per heavy atom. The Morgan fingerprint density at radius 3 is 1.81 bits per heavy atom. The van der Waals surface area contributed by atoms with Crippen molar-refractivity contribution in [3.8, 4) is 11.5 Å². The molecule has 0 unspecified atom stereocenters. The molecule has 111 heavy (non-hydrogen) atoms. The van der Waals surface area contributed by atoms with Gasteiger partial charge in [0.2, 0.25) is 35.4 Å². The molecule has 1 aliphatic carbocycles. The average molecular weight is 1580 g/mol. The number of amides is 8. The second-order valence-corrected chi connectivity index (χ2v) is 29.9. The number of aliphatic hydroxyl groups is 8. The first-order valence-corrected chi connectivity index (χ1v) is 38.7. The number of rotatable bonds is 25. The van der Waals surface area contributed by atoms with Gasteiger partial charge in [-0.3, -0.25) is 47.2 Å². The highest BCUT2D eigenvalue weighted by Gasteiger charge is 2.50. The summed E-state index contributed by atoms with van der Waals surface area (Å²) in [5.41, 5.74) is 2.93. The van der Waals surface area contributed by atoms with E-state index in [4.69, 9.17) is 23.1 Å². The topological polar surface area (TPSA) is 502 Å². The molecule has 37 heteroatoms. The van der Waals surface area contributed by atoms with Gasteiger partial charge in [-0.1, -0.05) is 57.6 Å². The highest BCUT2D eigenvalue weighted by atomic mass is 32.3. The molecule has 5 heterocycles.